The summed E-state index contributed by atoms with van der Waals surface area (Å²) in [5, 5.41) is 0.889. The van der Waals surface area contributed by atoms with Crippen molar-refractivity contribution in [3.8, 4) is 0 Å². The highest BCUT2D eigenvalue weighted by molar-refractivity contribution is 5.99. The highest BCUT2D eigenvalue weighted by Crippen LogP contribution is 2.21. The molecule has 0 saturated carbocycles. The molecule has 1 aliphatic heterocycles. The lowest BCUT2D eigenvalue weighted by atomic mass is 10.1. The predicted molar refractivity (Wildman–Crippen MR) is 84.2 cm³/mol. The fourth-order valence-corrected chi connectivity index (χ4v) is 2.90. The van der Waals surface area contributed by atoms with Crippen molar-refractivity contribution in [1.82, 2.24) is 14.8 Å². The second-order valence-electron chi connectivity index (χ2n) is 5.72. The van der Waals surface area contributed by atoms with Crippen LogP contribution < -0.4 is 5.73 Å². The molecule has 3 rings (SSSR count). The molecule has 1 aliphatic rings. The summed E-state index contributed by atoms with van der Waals surface area (Å²) < 4.78 is 0. The standard InChI is InChI=1S/C16H20N4O/c1-11-10-19(2)7-8-20(11)16(21)15-9-13(17)12-5-3-4-6-14(12)18-15/h3-6,9,11H,7-8,10H2,1-2H3,(H2,17,18). The van der Waals surface area contributed by atoms with Crippen LogP contribution in [0.25, 0.3) is 10.9 Å². The third-order valence-electron chi connectivity index (χ3n) is 4.06. The van der Waals surface area contributed by atoms with Crippen molar-refractivity contribution in [2.75, 3.05) is 32.4 Å². The van der Waals surface area contributed by atoms with Crippen molar-refractivity contribution in [1.29, 1.82) is 0 Å². The largest absolute Gasteiger partial charge is 0.398 e. The Morgan fingerprint density at radius 2 is 2.10 bits per heavy atom. The number of nitrogen functional groups attached to an aromatic ring is 1. The molecule has 0 spiro atoms. The molecular weight excluding hydrogens is 264 g/mol. The van der Waals surface area contributed by atoms with Crippen LogP contribution in [-0.2, 0) is 0 Å². The van der Waals surface area contributed by atoms with Gasteiger partial charge >= 0.3 is 0 Å². The molecule has 0 aliphatic carbocycles. The van der Waals surface area contributed by atoms with Crippen LogP contribution in [0.3, 0.4) is 0 Å². The van der Waals surface area contributed by atoms with Crippen LogP contribution >= 0.6 is 0 Å². The van der Waals surface area contributed by atoms with E-state index in [0.717, 1.165) is 30.5 Å². The highest BCUT2D eigenvalue weighted by Gasteiger charge is 2.27. The number of nitrogens with zero attached hydrogens (tertiary/aromatic N) is 3. The van der Waals surface area contributed by atoms with Gasteiger partial charge in [0, 0.05) is 36.7 Å². The van der Waals surface area contributed by atoms with E-state index in [1.165, 1.54) is 0 Å². The average molecular weight is 284 g/mol. The van der Waals surface area contributed by atoms with Crippen LogP contribution in [0.1, 0.15) is 17.4 Å². The first-order valence-electron chi connectivity index (χ1n) is 7.21. The van der Waals surface area contributed by atoms with Gasteiger partial charge in [-0.15, -0.1) is 0 Å². The van der Waals surface area contributed by atoms with Gasteiger partial charge < -0.3 is 15.5 Å². The number of aromatic nitrogens is 1. The first kappa shape index (κ1) is 13.8. The van der Waals surface area contributed by atoms with E-state index in [2.05, 4.69) is 23.9 Å². The van der Waals surface area contributed by atoms with Crippen LogP contribution in [0.15, 0.2) is 30.3 Å². The third-order valence-corrected chi connectivity index (χ3v) is 4.06. The molecule has 1 aromatic heterocycles. The monoisotopic (exact) mass is 284 g/mol. The molecule has 0 radical (unpaired) electrons. The van der Waals surface area contributed by atoms with Gasteiger partial charge in [0.2, 0.25) is 0 Å². The van der Waals surface area contributed by atoms with E-state index in [4.69, 9.17) is 5.73 Å². The summed E-state index contributed by atoms with van der Waals surface area (Å²) in [4.78, 5) is 21.3. The summed E-state index contributed by atoms with van der Waals surface area (Å²) in [7, 11) is 2.07. The number of nitrogens with two attached hydrogens (primary N) is 1. The summed E-state index contributed by atoms with van der Waals surface area (Å²) in [5.74, 6) is -0.0342. The SMILES string of the molecule is CC1CN(C)CCN1C(=O)c1cc(N)c2ccccc2n1. The maximum Gasteiger partial charge on any atom is 0.272 e. The van der Waals surface area contributed by atoms with Gasteiger partial charge in [-0.25, -0.2) is 4.98 Å². The normalized spacial score (nSPS) is 19.9. The fraction of sp³-hybridized carbons (Fsp3) is 0.375. The number of benzene rings is 1. The number of para-hydroxylation sites is 1. The maximum atomic E-state index is 12.7. The Bertz CT molecular complexity index is 685. The minimum Gasteiger partial charge on any atom is -0.398 e. The molecule has 5 nitrogen and oxygen atoms in total. The maximum absolute atomic E-state index is 12.7. The number of carbonyl (C=O) groups excluding carboxylic acids is 1. The van der Waals surface area contributed by atoms with E-state index < -0.39 is 0 Å². The van der Waals surface area contributed by atoms with Crippen LogP contribution in [0, 0.1) is 0 Å². The van der Waals surface area contributed by atoms with Crippen molar-refractivity contribution < 1.29 is 4.79 Å². The van der Waals surface area contributed by atoms with Gasteiger partial charge in [0.1, 0.15) is 5.69 Å². The zero-order valence-corrected chi connectivity index (χ0v) is 12.4. The molecule has 1 atom stereocenters. The lowest BCUT2D eigenvalue weighted by molar-refractivity contribution is 0.0528. The van der Waals surface area contributed by atoms with Crippen LogP contribution in [-0.4, -0.2) is 53.4 Å². The Labute approximate surface area is 124 Å². The molecule has 2 N–H and O–H groups in total. The lowest BCUT2D eigenvalue weighted by Crippen LogP contribution is -2.52. The zero-order chi connectivity index (χ0) is 15.0. The Balaban J connectivity index is 1.94. The van der Waals surface area contributed by atoms with Crippen LogP contribution in [0.4, 0.5) is 5.69 Å². The van der Waals surface area contributed by atoms with Crippen molar-refractivity contribution in [2.24, 2.45) is 0 Å². The topological polar surface area (TPSA) is 62.5 Å². The predicted octanol–water partition coefficient (Wildman–Crippen LogP) is 1.59. The van der Waals surface area contributed by atoms with Gasteiger partial charge in [0.25, 0.3) is 5.91 Å². The minimum absolute atomic E-state index is 0.0342. The fourth-order valence-electron chi connectivity index (χ4n) is 2.90. The van der Waals surface area contributed by atoms with Crippen molar-refractivity contribution >= 4 is 22.5 Å². The van der Waals surface area contributed by atoms with E-state index in [0.29, 0.717) is 11.4 Å². The number of likely N-dealkylation sites (N-methyl/N-ethyl adjacent to an activating group) is 1. The molecule has 2 aromatic rings. The van der Waals surface area contributed by atoms with Crippen molar-refractivity contribution in [3.63, 3.8) is 0 Å². The average Bonchev–Trinajstić information content (AvgIpc) is 2.46. The lowest BCUT2D eigenvalue weighted by Gasteiger charge is -2.38. The second kappa shape index (κ2) is 5.33. The summed E-state index contributed by atoms with van der Waals surface area (Å²) in [6.45, 7) is 4.57. The van der Waals surface area contributed by atoms with E-state index >= 15 is 0 Å². The number of carbonyl (C=O) groups is 1. The van der Waals surface area contributed by atoms with E-state index in [9.17, 15) is 4.79 Å². The van der Waals surface area contributed by atoms with Gasteiger partial charge in [-0.3, -0.25) is 4.79 Å². The van der Waals surface area contributed by atoms with Gasteiger partial charge in [-0.05, 0) is 26.1 Å². The summed E-state index contributed by atoms with van der Waals surface area (Å²) >= 11 is 0. The minimum atomic E-state index is -0.0342. The van der Waals surface area contributed by atoms with Gasteiger partial charge in [0.05, 0.1) is 5.52 Å². The Hall–Kier alpha value is -2.14. The van der Waals surface area contributed by atoms with Crippen molar-refractivity contribution in [3.05, 3.63) is 36.0 Å². The van der Waals surface area contributed by atoms with E-state index in [1.807, 2.05) is 29.2 Å². The number of piperazine rings is 1. The van der Waals surface area contributed by atoms with Crippen molar-refractivity contribution in [2.45, 2.75) is 13.0 Å². The molecular formula is C16H20N4O. The number of rotatable bonds is 1. The smallest absolute Gasteiger partial charge is 0.272 e. The number of fused-ring (bicyclic) bond motifs is 1. The first-order valence-corrected chi connectivity index (χ1v) is 7.21. The van der Waals surface area contributed by atoms with Gasteiger partial charge in [-0.1, -0.05) is 18.2 Å². The Morgan fingerprint density at radius 1 is 1.33 bits per heavy atom. The molecule has 1 saturated heterocycles. The Kier molecular flexibility index (Phi) is 3.51. The van der Waals surface area contributed by atoms with E-state index in [1.54, 1.807) is 6.07 Å². The summed E-state index contributed by atoms with van der Waals surface area (Å²) in [6.07, 6.45) is 0. The zero-order valence-electron chi connectivity index (χ0n) is 12.4. The molecule has 21 heavy (non-hydrogen) atoms. The Morgan fingerprint density at radius 3 is 2.86 bits per heavy atom. The molecule has 110 valence electrons. The number of amides is 1. The molecule has 1 amide bonds. The highest BCUT2D eigenvalue weighted by atomic mass is 16.2. The van der Waals surface area contributed by atoms with Crippen LogP contribution in [0.2, 0.25) is 0 Å². The molecule has 1 aromatic carbocycles. The summed E-state index contributed by atoms with van der Waals surface area (Å²) in [5.41, 5.74) is 7.86. The first-order chi connectivity index (χ1) is 10.1. The number of anilines is 1. The van der Waals surface area contributed by atoms with Crippen LogP contribution in [0.5, 0.6) is 0 Å². The van der Waals surface area contributed by atoms with Gasteiger partial charge in [-0.2, -0.15) is 0 Å². The molecule has 5 heteroatoms. The molecule has 1 fully saturated rings. The number of hydrogen-bond acceptors (Lipinski definition) is 4. The van der Waals surface area contributed by atoms with Gasteiger partial charge in [0.15, 0.2) is 0 Å². The molecule has 1 unspecified atom stereocenters. The second-order valence-corrected chi connectivity index (χ2v) is 5.72. The number of pyridine rings is 1. The molecule has 0 bridgehead atoms. The third kappa shape index (κ3) is 2.56. The van der Waals surface area contributed by atoms with E-state index in [-0.39, 0.29) is 11.9 Å². The molecule has 2 heterocycles. The number of hydrogen-bond donors (Lipinski definition) is 1. The quantitative estimate of drug-likeness (QED) is 0.864. The summed E-state index contributed by atoms with van der Waals surface area (Å²) in [6, 6.07) is 9.51.